The van der Waals surface area contributed by atoms with Gasteiger partial charge in [-0.1, -0.05) is 29.0 Å². The highest BCUT2D eigenvalue weighted by molar-refractivity contribution is 8.68. The molecule has 0 aliphatic carbocycles. The highest BCUT2D eigenvalue weighted by atomic mass is 33.1. The molecular formula is C12H10OS2. The van der Waals surface area contributed by atoms with E-state index in [-0.39, 0.29) is 0 Å². The Labute approximate surface area is 98.3 Å². The molecule has 1 nitrogen and oxygen atoms in total. The summed E-state index contributed by atoms with van der Waals surface area (Å²) < 4.78 is 5.64. The van der Waals surface area contributed by atoms with Crippen molar-refractivity contribution in [1.82, 2.24) is 0 Å². The first-order valence-electron chi connectivity index (χ1n) is 4.53. The smallest absolute Gasteiger partial charge is 0.127 e. The van der Waals surface area contributed by atoms with Gasteiger partial charge >= 0.3 is 0 Å². The molecule has 2 rings (SSSR count). The second-order valence-corrected chi connectivity index (χ2v) is 4.18. The lowest BCUT2D eigenvalue weighted by Gasteiger charge is -2.05. The number of ether oxygens (including phenoxy) is 1. The first-order chi connectivity index (χ1) is 7.38. The van der Waals surface area contributed by atoms with Crippen molar-refractivity contribution in [2.75, 3.05) is 0 Å². The van der Waals surface area contributed by atoms with Crippen molar-refractivity contribution in [3.63, 3.8) is 0 Å². The summed E-state index contributed by atoms with van der Waals surface area (Å²) >= 11 is 4.12. The standard InChI is InChI=1S/C12H10OS2/c14-15-12-8-6-11(7-9-12)13-10-4-2-1-3-5-10/h1-9,14H. The van der Waals surface area contributed by atoms with E-state index < -0.39 is 0 Å². The predicted octanol–water partition coefficient (Wildman–Crippen LogP) is 4.42. The SMILES string of the molecule is SSc1ccc(Oc2ccccc2)cc1. The van der Waals surface area contributed by atoms with Crippen LogP contribution in [0.15, 0.2) is 59.5 Å². The maximum absolute atomic E-state index is 5.64. The van der Waals surface area contributed by atoms with Crippen molar-refractivity contribution in [3.8, 4) is 11.5 Å². The van der Waals surface area contributed by atoms with Crippen molar-refractivity contribution in [2.45, 2.75) is 4.90 Å². The average molecular weight is 234 g/mol. The molecular weight excluding hydrogens is 224 g/mol. The summed E-state index contributed by atoms with van der Waals surface area (Å²) in [5.41, 5.74) is 0. The Morgan fingerprint density at radius 1 is 0.800 bits per heavy atom. The lowest BCUT2D eigenvalue weighted by atomic mass is 10.3. The number of para-hydroxylation sites is 1. The fourth-order valence-electron chi connectivity index (χ4n) is 1.19. The Bertz CT molecular complexity index is 411. The molecule has 0 bridgehead atoms. The zero-order chi connectivity index (χ0) is 10.5. The topological polar surface area (TPSA) is 9.23 Å². The Hall–Kier alpha value is -1.06. The van der Waals surface area contributed by atoms with Crippen molar-refractivity contribution in [3.05, 3.63) is 54.6 Å². The van der Waals surface area contributed by atoms with Gasteiger partial charge in [-0.2, -0.15) is 0 Å². The van der Waals surface area contributed by atoms with Crippen LogP contribution in [0.5, 0.6) is 11.5 Å². The Morgan fingerprint density at radius 3 is 2.00 bits per heavy atom. The minimum atomic E-state index is 0.840. The second kappa shape index (κ2) is 5.14. The molecule has 0 N–H and O–H groups in total. The molecule has 0 fully saturated rings. The van der Waals surface area contributed by atoms with E-state index >= 15 is 0 Å². The molecule has 0 unspecified atom stereocenters. The van der Waals surface area contributed by atoms with Crippen LogP contribution in [0.4, 0.5) is 0 Å². The normalized spacial score (nSPS) is 9.93. The van der Waals surface area contributed by atoms with Crippen LogP contribution in [0.1, 0.15) is 0 Å². The van der Waals surface area contributed by atoms with Gasteiger partial charge < -0.3 is 4.74 Å². The second-order valence-electron chi connectivity index (χ2n) is 2.98. The largest absolute Gasteiger partial charge is 0.457 e. The van der Waals surface area contributed by atoms with Crippen molar-refractivity contribution in [1.29, 1.82) is 0 Å². The van der Waals surface area contributed by atoms with Crippen molar-refractivity contribution >= 4 is 22.5 Å². The number of thiol groups is 1. The van der Waals surface area contributed by atoms with Crippen LogP contribution in [-0.2, 0) is 0 Å². The molecule has 2 aromatic rings. The lowest BCUT2D eigenvalue weighted by Crippen LogP contribution is -1.82. The molecule has 0 aromatic heterocycles. The molecule has 76 valence electrons. The molecule has 0 atom stereocenters. The molecule has 0 saturated carbocycles. The molecule has 3 heteroatoms. The van der Waals surface area contributed by atoms with Crippen molar-refractivity contribution in [2.24, 2.45) is 0 Å². The first kappa shape index (κ1) is 10.5. The Kier molecular flexibility index (Phi) is 3.59. The zero-order valence-corrected chi connectivity index (χ0v) is 9.67. The summed E-state index contributed by atoms with van der Waals surface area (Å²) in [6, 6.07) is 17.6. The van der Waals surface area contributed by atoms with E-state index in [2.05, 4.69) is 11.7 Å². The van der Waals surface area contributed by atoms with E-state index in [1.165, 1.54) is 10.8 Å². The highest BCUT2D eigenvalue weighted by Crippen LogP contribution is 2.26. The van der Waals surface area contributed by atoms with E-state index in [0.717, 1.165) is 16.4 Å². The Balaban J connectivity index is 2.11. The minimum Gasteiger partial charge on any atom is -0.457 e. The van der Waals surface area contributed by atoms with E-state index in [0.29, 0.717) is 0 Å². The first-order valence-corrected chi connectivity index (χ1v) is 6.40. The maximum Gasteiger partial charge on any atom is 0.127 e. The van der Waals surface area contributed by atoms with E-state index in [4.69, 9.17) is 4.74 Å². The molecule has 0 spiro atoms. The summed E-state index contributed by atoms with van der Waals surface area (Å²) in [7, 11) is 1.42. The molecule has 0 saturated heterocycles. The Morgan fingerprint density at radius 2 is 1.40 bits per heavy atom. The fourth-order valence-corrected chi connectivity index (χ4v) is 1.82. The number of hydrogen-bond donors (Lipinski definition) is 1. The third kappa shape index (κ3) is 2.94. The predicted molar refractivity (Wildman–Crippen MR) is 67.8 cm³/mol. The van der Waals surface area contributed by atoms with Crippen LogP contribution in [0.2, 0.25) is 0 Å². The third-order valence-electron chi connectivity index (χ3n) is 1.91. The van der Waals surface area contributed by atoms with Crippen LogP contribution in [-0.4, -0.2) is 0 Å². The van der Waals surface area contributed by atoms with E-state index in [1.807, 2.05) is 54.6 Å². The summed E-state index contributed by atoms with van der Waals surface area (Å²) in [5.74, 6) is 1.69. The summed E-state index contributed by atoms with van der Waals surface area (Å²) in [4.78, 5) is 1.11. The van der Waals surface area contributed by atoms with Gasteiger partial charge in [0, 0.05) is 4.90 Å². The van der Waals surface area contributed by atoms with Gasteiger partial charge in [0.1, 0.15) is 11.5 Å². The number of hydrogen-bond acceptors (Lipinski definition) is 3. The fraction of sp³-hybridized carbons (Fsp3) is 0. The molecule has 2 aromatic carbocycles. The van der Waals surface area contributed by atoms with Crippen LogP contribution in [0, 0.1) is 0 Å². The number of benzene rings is 2. The average Bonchev–Trinajstić information content (AvgIpc) is 2.31. The van der Waals surface area contributed by atoms with Gasteiger partial charge in [-0.15, -0.1) is 11.7 Å². The van der Waals surface area contributed by atoms with Crippen LogP contribution in [0.25, 0.3) is 0 Å². The maximum atomic E-state index is 5.64. The summed E-state index contributed by atoms with van der Waals surface area (Å²) in [6.45, 7) is 0. The molecule has 15 heavy (non-hydrogen) atoms. The van der Waals surface area contributed by atoms with E-state index in [1.54, 1.807) is 0 Å². The van der Waals surface area contributed by atoms with Gasteiger partial charge in [0.05, 0.1) is 0 Å². The molecule has 0 aliphatic rings. The van der Waals surface area contributed by atoms with Gasteiger partial charge in [-0.25, -0.2) is 0 Å². The lowest BCUT2D eigenvalue weighted by molar-refractivity contribution is 0.482. The minimum absolute atomic E-state index is 0.840. The quantitative estimate of drug-likeness (QED) is 0.622. The summed E-state index contributed by atoms with van der Waals surface area (Å²) in [5, 5.41) is 0. The third-order valence-corrected chi connectivity index (χ3v) is 3.02. The van der Waals surface area contributed by atoms with Gasteiger partial charge in [-0.3, -0.25) is 0 Å². The zero-order valence-electron chi connectivity index (χ0n) is 7.96. The van der Waals surface area contributed by atoms with Gasteiger partial charge in [0.25, 0.3) is 0 Å². The van der Waals surface area contributed by atoms with E-state index in [9.17, 15) is 0 Å². The highest BCUT2D eigenvalue weighted by Gasteiger charge is 1.96. The summed E-state index contributed by atoms with van der Waals surface area (Å²) in [6.07, 6.45) is 0. The molecule has 0 amide bonds. The van der Waals surface area contributed by atoms with Crippen LogP contribution >= 0.6 is 22.5 Å². The monoisotopic (exact) mass is 234 g/mol. The molecule has 0 heterocycles. The molecule has 0 aliphatic heterocycles. The number of rotatable bonds is 3. The molecule has 0 radical (unpaired) electrons. The van der Waals surface area contributed by atoms with Crippen molar-refractivity contribution < 1.29 is 4.74 Å². The van der Waals surface area contributed by atoms with Gasteiger partial charge in [0.15, 0.2) is 0 Å². The van der Waals surface area contributed by atoms with Gasteiger partial charge in [-0.05, 0) is 36.4 Å². The van der Waals surface area contributed by atoms with Crippen LogP contribution < -0.4 is 4.74 Å². The van der Waals surface area contributed by atoms with Crippen LogP contribution in [0.3, 0.4) is 0 Å². The van der Waals surface area contributed by atoms with Gasteiger partial charge in [0.2, 0.25) is 0 Å².